The number of fused-ring (bicyclic) bond motifs is 2. The lowest BCUT2D eigenvalue weighted by Crippen LogP contribution is -2.24. The summed E-state index contributed by atoms with van der Waals surface area (Å²) in [4.78, 5) is 38.6. The molecule has 0 bridgehead atoms. The molecule has 0 aliphatic heterocycles. The van der Waals surface area contributed by atoms with Crippen molar-refractivity contribution < 1.29 is 14.4 Å². The van der Waals surface area contributed by atoms with Crippen molar-refractivity contribution in [2.45, 2.75) is 5.16 Å². The highest BCUT2D eigenvalue weighted by molar-refractivity contribution is 7.99. The van der Waals surface area contributed by atoms with E-state index in [1.54, 1.807) is 66.7 Å². The van der Waals surface area contributed by atoms with Crippen molar-refractivity contribution in [2.24, 2.45) is 0 Å². The molecule has 5 rings (SSSR count). The number of anilines is 1. The first kappa shape index (κ1) is 21.0. The Hall–Kier alpha value is -3.82. The van der Waals surface area contributed by atoms with Gasteiger partial charge in [0.05, 0.1) is 22.7 Å². The molecule has 3 aromatic carbocycles. The molecule has 8 nitrogen and oxygen atoms in total. The number of hydrogen-bond donors (Lipinski definition) is 1. The van der Waals surface area contributed by atoms with Crippen LogP contribution in [0, 0.1) is 0 Å². The van der Waals surface area contributed by atoms with Crippen LogP contribution in [0.4, 0.5) is 5.69 Å². The highest BCUT2D eigenvalue weighted by Gasteiger charge is 2.31. The van der Waals surface area contributed by atoms with Gasteiger partial charge in [-0.2, -0.15) is 4.68 Å². The van der Waals surface area contributed by atoms with Crippen LogP contribution in [0.25, 0.3) is 5.69 Å². The predicted molar refractivity (Wildman–Crippen MR) is 123 cm³/mol. The van der Waals surface area contributed by atoms with E-state index in [9.17, 15) is 14.4 Å². The maximum Gasteiger partial charge on any atom is 0.234 e. The summed E-state index contributed by atoms with van der Waals surface area (Å²) in [6.07, 6.45) is 0. The van der Waals surface area contributed by atoms with E-state index in [0.717, 1.165) is 11.8 Å². The molecule has 0 fully saturated rings. The van der Waals surface area contributed by atoms with E-state index in [1.807, 2.05) is 0 Å². The first-order valence-electron chi connectivity index (χ1n) is 9.81. The van der Waals surface area contributed by atoms with Crippen LogP contribution in [0.1, 0.15) is 31.8 Å². The van der Waals surface area contributed by atoms with Gasteiger partial charge in [-0.1, -0.05) is 59.8 Å². The standard InChI is InChI=1S/C23H14ClN5O3S/c24-13-8-10-14(11-9-13)29-23(26-27-28-29)33-12-19(30)25-18-7-3-6-17-20(18)22(32)16-5-2-1-4-15(16)21(17)31/h1-11H,12H2,(H,25,30). The molecule has 0 unspecified atom stereocenters. The van der Waals surface area contributed by atoms with Crippen molar-refractivity contribution in [3.8, 4) is 5.69 Å². The number of aromatic nitrogens is 4. The van der Waals surface area contributed by atoms with Crippen molar-refractivity contribution in [1.82, 2.24) is 20.2 Å². The summed E-state index contributed by atoms with van der Waals surface area (Å²) in [5.41, 5.74) is 2.16. The number of hydrogen-bond acceptors (Lipinski definition) is 7. The first-order chi connectivity index (χ1) is 16.0. The summed E-state index contributed by atoms with van der Waals surface area (Å²) in [5.74, 6) is -0.905. The topological polar surface area (TPSA) is 107 Å². The Morgan fingerprint density at radius 2 is 1.61 bits per heavy atom. The lowest BCUT2D eigenvalue weighted by molar-refractivity contribution is -0.113. The summed E-state index contributed by atoms with van der Waals surface area (Å²) in [5, 5.41) is 15.4. The molecule has 0 saturated carbocycles. The van der Waals surface area contributed by atoms with Gasteiger partial charge in [-0.15, -0.1) is 5.10 Å². The van der Waals surface area contributed by atoms with E-state index < -0.39 is 0 Å². The number of halogens is 1. The van der Waals surface area contributed by atoms with Crippen molar-refractivity contribution in [2.75, 3.05) is 11.1 Å². The number of nitrogens with zero attached hydrogens (tertiary/aromatic N) is 4. The summed E-state index contributed by atoms with van der Waals surface area (Å²) < 4.78 is 1.50. The molecular formula is C23H14ClN5O3S. The van der Waals surface area contributed by atoms with Crippen LogP contribution < -0.4 is 5.32 Å². The summed E-state index contributed by atoms with van der Waals surface area (Å²) in [6.45, 7) is 0. The van der Waals surface area contributed by atoms with Crippen molar-refractivity contribution in [3.05, 3.63) is 94.0 Å². The number of rotatable bonds is 5. The van der Waals surface area contributed by atoms with Crippen LogP contribution in [-0.4, -0.2) is 43.4 Å². The van der Waals surface area contributed by atoms with Crippen LogP contribution in [0.2, 0.25) is 5.02 Å². The summed E-state index contributed by atoms with van der Waals surface area (Å²) >= 11 is 7.06. The molecule has 10 heteroatoms. The smallest absolute Gasteiger partial charge is 0.234 e. The second-order valence-electron chi connectivity index (χ2n) is 7.12. The Kier molecular flexibility index (Phi) is 5.49. The monoisotopic (exact) mass is 475 g/mol. The minimum atomic E-state index is -0.363. The number of amides is 1. The number of tetrazole rings is 1. The van der Waals surface area contributed by atoms with Crippen molar-refractivity contribution >= 4 is 46.5 Å². The minimum Gasteiger partial charge on any atom is -0.325 e. The van der Waals surface area contributed by atoms with E-state index in [-0.39, 0.29) is 34.4 Å². The third kappa shape index (κ3) is 3.92. The normalized spacial score (nSPS) is 12.3. The maximum atomic E-state index is 13.1. The second kappa shape index (κ2) is 8.61. The molecule has 1 heterocycles. The van der Waals surface area contributed by atoms with Gasteiger partial charge in [0, 0.05) is 21.7 Å². The van der Waals surface area contributed by atoms with E-state index in [2.05, 4.69) is 20.8 Å². The summed E-state index contributed by atoms with van der Waals surface area (Å²) in [6, 6.07) is 18.5. The molecule has 0 spiro atoms. The minimum absolute atomic E-state index is 0.00362. The fourth-order valence-corrected chi connectivity index (χ4v) is 4.40. The van der Waals surface area contributed by atoms with E-state index in [4.69, 9.17) is 11.6 Å². The lowest BCUT2D eigenvalue weighted by atomic mass is 9.83. The van der Waals surface area contributed by atoms with Gasteiger partial charge >= 0.3 is 0 Å². The molecule has 1 aromatic heterocycles. The van der Waals surface area contributed by atoms with Gasteiger partial charge in [0.25, 0.3) is 0 Å². The Bertz CT molecular complexity index is 1420. The molecule has 1 N–H and O–H groups in total. The fraction of sp³-hybridized carbons (Fsp3) is 0.0435. The number of benzene rings is 3. The SMILES string of the molecule is O=C(CSc1nnnn1-c1ccc(Cl)cc1)Nc1cccc2c1C(=O)c1ccccc1C2=O. The van der Waals surface area contributed by atoms with Crippen LogP contribution in [0.15, 0.2) is 71.9 Å². The molecule has 1 amide bonds. The zero-order valence-electron chi connectivity index (χ0n) is 16.9. The molecule has 0 saturated heterocycles. The zero-order valence-corrected chi connectivity index (χ0v) is 18.4. The highest BCUT2D eigenvalue weighted by Crippen LogP contribution is 2.32. The second-order valence-corrected chi connectivity index (χ2v) is 8.50. The van der Waals surface area contributed by atoms with Gasteiger partial charge in [-0.3, -0.25) is 14.4 Å². The van der Waals surface area contributed by atoms with Gasteiger partial charge in [0.15, 0.2) is 11.6 Å². The third-order valence-corrected chi connectivity index (χ3v) is 6.24. The number of nitrogens with one attached hydrogen (secondary N) is 1. The quantitative estimate of drug-likeness (QED) is 0.385. The van der Waals surface area contributed by atoms with Gasteiger partial charge in [0.1, 0.15) is 0 Å². The van der Waals surface area contributed by atoms with Gasteiger partial charge in [-0.25, -0.2) is 0 Å². The molecule has 1 aliphatic carbocycles. The lowest BCUT2D eigenvalue weighted by Gasteiger charge is -2.20. The van der Waals surface area contributed by atoms with Crippen LogP contribution in [-0.2, 0) is 4.79 Å². The average Bonchev–Trinajstić information content (AvgIpc) is 3.30. The van der Waals surface area contributed by atoms with Gasteiger partial charge in [-0.05, 0) is 40.8 Å². The van der Waals surface area contributed by atoms with E-state index >= 15 is 0 Å². The highest BCUT2D eigenvalue weighted by atomic mass is 35.5. The van der Waals surface area contributed by atoms with Gasteiger partial charge in [0.2, 0.25) is 11.1 Å². The van der Waals surface area contributed by atoms with E-state index in [0.29, 0.717) is 32.7 Å². The maximum absolute atomic E-state index is 13.1. The molecule has 0 atom stereocenters. The Balaban J connectivity index is 1.34. The molecule has 0 radical (unpaired) electrons. The largest absolute Gasteiger partial charge is 0.325 e. The average molecular weight is 476 g/mol. The molecule has 4 aromatic rings. The first-order valence-corrected chi connectivity index (χ1v) is 11.2. The number of thioether (sulfide) groups is 1. The molecular weight excluding hydrogens is 462 g/mol. The Labute approximate surface area is 197 Å². The predicted octanol–water partition coefficient (Wildman–Crippen LogP) is 3.82. The van der Waals surface area contributed by atoms with Gasteiger partial charge < -0.3 is 5.32 Å². The van der Waals surface area contributed by atoms with Crippen LogP contribution in [0.5, 0.6) is 0 Å². The zero-order chi connectivity index (χ0) is 22.9. The summed E-state index contributed by atoms with van der Waals surface area (Å²) in [7, 11) is 0. The van der Waals surface area contributed by atoms with Crippen LogP contribution in [0.3, 0.4) is 0 Å². The van der Waals surface area contributed by atoms with Crippen LogP contribution >= 0.6 is 23.4 Å². The Morgan fingerprint density at radius 1 is 0.909 bits per heavy atom. The fourth-order valence-electron chi connectivity index (χ4n) is 3.58. The third-order valence-electron chi connectivity index (χ3n) is 5.07. The Morgan fingerprint density at radius 3 is 2.36 bits per heavy atom. The number of carbonyl (C=O) groups is 3. The van der Waals surface area contributed by atoms with Crippen molar-refractivity contribution in [3.63, 3.8) is 0 Å². The number of ketones is 2. The molecule has 162 valence electrons. The van der Waals surface area contributed by atoms with E-state index in [1.165, 1.54) is 4.68 Å². The number of carbonyl (C=O) groups excluding carboxylic acids is 3. The molecule has 33 heavy (non-hydrogen) atoms. The van der Waals surface area contributed by atoms with Crippen molar-refractivity contribution in [1.29, 1.82) is 0 Å². The molecule has 1 aliphatic rings.